The van der Waals surface area contributed by atoms with Crippen molar-refractivity contribution in [1.29, 1.82) is 0 Å². The first-order valence-corrected chi connectivity index (χ1v) is 24.6. The van der Waals surface area contributed by atoms with Gasteiger partial charge in [-0.25, -0.2) is 35.0 Å². The molecule has 0 aromatic heterocycles. The van der Waals surface area contributed by atoms with Crippen molar-refractivity contribution in [3.63, 3.8) is 0 Å². The molecule has 4 aromatic rings. The second-order valence-corrected chi connectivity index (χ2v) is 21.0. The molecule has 1 atom stereocenters. The van der Waals surface area contributed by atoms with Gasteiger partial charge in [0.05, 0.1) is 20.8 Å². The molecule has 2 aliphatic rings. The number of amides is 1. The first kappa shape index (κ1) is 47.9. The van der Waals surface area contributed by atoms with Crippen molar-refractivity contribution in [2.75, 3.05) is 18.4 Å². The quantitative estimate of drug-likeness (QED) is 0.0576. The summed E-state index contributed by atoms with van der Waals surface area (Å²) >= 11 is 0. The number of hydrogen-bond acceptors (Lipinski definition) is 10. The second-order valence-electron chi connectivity index (χ2n) is 15.7. The molecule has 1 amide bonds. The minimum absolute atomic E-state index is 0.0290. The highest BCUT2D eigenvalue weighted by atomic mass is 32.3. The monoisotopic (exact) mass is 939 g/mol. The Balaban J connectivity index is 1.45. The highest BCUT2D eigenvalue weighted by Crippen LogP contribution is 2.43. The number of fused-ring (bicyclic) bond motifs is 2. The number of nitrogens with zero attached hydrogens (tertiary/aromatic N) is 1. The zero-order valence-electron chi connectivity index (χ0n) is 36.1. The number of hydrogen-bond donors (Lipinski definition) is 4. The minimum atomic E-state index is -6.33. The molecule has 13 nitrogen and oxygen atoms in total. The van der Waals surface area contributed by atoms with Crippen LogP contribution in [-0.2, 0) is 34.9 Å². The van der Waals surface area contributed by atoms with Crippen LogP contribution in [0.25, 0.3) is 33.4 Å². The van der Waals surface area contributed by atoms with E-state index in [1.54, 1.807) is 50.2 Å². The Bertz CT molecular complexity index is 3120. The lowest BCUT2D eigenvalue weighted by Gasteiger charge is -2.19. The molecule has 0 spiro atoms. The van der Waals surface area contributed by atoms with E-state index in [2.05, 4.69) is 15.4 Å². The lowest BCUT2D eigenvalue weighted by Crippen LogP contribution is -2.40. The van der Waals surface area contributed by atoms with Gasteiger partial charge in [0.2, 0.25) is 15.9 Å². The predicted octanol–water partition coefficient (Wildman–Crippen LogP) is 8.68. The summed E-state index contributed by atoms with van der Waals surface area (Å²) < 4.78 is 128. The van der Waals surface area contributed by atoms with Gasteiger partial charge in [0.15, 0.2) is 0 Å². The van der Waals surface area contributed by atoms with E-state index in [4.69, 9.17) is 9.41 Å². The van der Waals surface area contributed by atoms with E-state index >= 15 is 0 Å². The first-order valence-electron chi connectivity index (χ1n) is 20.2. The maximum Gasteiger partial charge on any atom is 0.512 e. The molecule has 0 saturated carbocycles. The van der Waals surface area contributed by atoms with E-state index in [0.29, 0.717) is 58.2 Å². The molecule has 4 aromatic carbocycles. The molecule has 1 aliphatic heterocycles. The summed E-state index contributed by atoms with van der Waals surface area (Å²) in [6.45, 7) is 13.5. The van der Waals surface area contributed by atoms with Crippen LogP contribution >= 0.6 is 0 Å². The Hall–Kier alpha value is -5.60. The molecule has 1 heterocycles. The van der Waals surface area contributed by atoms with Crippen LogP contribution in [0.15, 0.2) is 104 Å². The fourth-order valence-corrected chi connectivity index (χ4v) is 11.2. The Labute approximate surface area is 370 Å². The normalized spacial score (nSPS) is 13.4. The number of rotatable bonds is 15. The molecule has 19 heteroatoms. The van der Waals surface area contributed by atoms with Gasteiger partial charge in [0, 0.05) is 64.6 Å². The van der Waals surface area contributed by atoms with Gasteiger partial charge in [0.1, 0.15) is 11.3 Å². The first-order chi connectivity index (χ1) is 29.9. The van der Waals surface area contributed by atoms with Crippen LogP contribution in [0.1, 0.15) is 54.5 Å². The lowest BCUT2D eigenvalue weighted by molar-refractivity contribution is -0.124. The predicted molar refractivity (Wildman–Crippen MR) is 241 cm³/mol. The van der Waals surface area contributed by atoms with Crippen molar-refractivity contribution in [2.24, 2.45) is 10.9 Å². The molecule has 6 rings (SSSR count). The molecule has 1 unspecified atom stereocenters. The van der Waals surface area contributed by atoms with Gasteiger partial charge in [0.25, 0.3) is 10.0 Å². The largest absolute Gasteiger partial charge is 0.512 e. The second kappa shape index (κ2) is 18.5. The van der Waals surface area contributed by atoms with Crippen molar-refractivity contribution < 1.29 is 47.6 Å². The number of halogens is 3. The van der Waals surface area contributed by atoms with E-state index in [0.717, 1.165) is 32.6 Å². The van der Waals surface area contributed by atoms with Crippen LogP contribution < -0.4 is 24.8 Å². The fourth-order valence-electron chi connectivity index (χ4n) is 7.31. The Morgan fingerprint density at radius 2 is 1.42 bits per heavy atom. The van der Waals surface area contributed by atoms with Crippen LogP contribution in [-0.4, -0.2) is 49.8 Å². The van der Waals surface area contributed by atoms with Crippen LogP contribution in [0, 0.1) is 40.5 Å². The molecule has 0 bridgehead atoms. The topological polar surface area (TPSA) is 193 Å². The van der Waals surface area contributed by atoms with Gasteiger partial charge in [-0.1, -0.05) is 53.9 Å². The smallest absolute Gasteiger partial charge is 0.456 e. The average molecular weight is 940 g/mol. The molecular formula is C45H48F3N5O8S3. The summed E-state index contributed by atoms with van der Waals surface area (Å²) in [6.07, 6.45) is 1.08. The lowest BCUT2D eigenvalue weighted by atomic mass is 9.93. The van der Waals surface area contributed by atoms with Crippen molar-refractivity contribution in [2.45, 2.75) is 76.6 Å². The van der Waals surface area contributed by atoms with E-state index in [9.17, 15) is 43.2 Å². The van der Waals surface area contributed by atoms with Crippen LogP contribution in [0.4, 0.5) is 30.2 Å². The summed E-state index contributed by atoms with van der Waals surface area (Å²) in [5.41, 5.74) is 0.781. The molecule has 0 fully saturated rings. The molecular weight excluding hydrogens is 892 g/mol. The number of anilines is 2. The third kappa shape index (κ3) is 10.3. The number of aryl methyl sites for hydroxylation is 5. The van der Waals surface area contributed by atoms with E-state index in [1.165, 1.54) is 30.3 Å². The third-order valence-corrected chi connectivity index (χ3v) is 15.4. The van der Waals surface area contributed by atoms with Crippen molar-refractivity contribution in [3.8, 4) is 22.5 Å². The summed E-state index contributed by atoms with van der Waals surface area (Å²) in [4.78, 5) is 16.2. The van der Waals surface area contributed by atoms with E-state index < -0.39 is 40.5 Å². The molecule has 340 valence electrons. The van der Waals surface area contributed by atoms with Crippen LogP contribution in [0.2, 0.25) is 0 Å². The maximum atomic E-state index is 13.5. The summed E-state index contributed by atoms with van der Waals surface area (Å²) in [6, 6.07) is 22.0. The zero-order valence-corrected chi connectivity index (χ0v) is 38.5. The fraction of sp³-hybridized carbons (Fsp3) is 0.289. The third-order valence-electron chi connectivity index (χ3n) is 10.6. The van der Waals surface area contributed by atoms with E-state index in [1.807, 2.05) is 46.8 Å². The molecule has 0 saturated heterocycles. The maximum absolute atomic E-state index is 13.5. The molecule has 0 radical (unpaired) electrons. The Morgan fingerprint density at radius 1 is 0.766 bits per heavy atom. The SMILES string of the molecule is CCC(C)C(=O)NCCCNS(=O)(=O)c1cc(C)c(/N=c2\ccc3c(-c4ccccc4S(=O)(=O)NS(=O)(=O)C(F)(F)F)c4ccc(Nc5c(C)cc(C)cc5C)cc4oc-3c2)c(C)c1. The van der Waals surface area contributed by atoms with Crippen LogP contribution in [0.3, 0.4) is 0 Å². The van der Waals surface area contributed by atoms with Gasteiger partial charge in [-0.3, -0.25) is 4.79 Å². The van der Waals surface area contributed by atoms with Gasteiger partial charge < -0.3 is 15.1 Å². The van der Waals surface area contributed by atoms with Crippen molar-refractivity contribution in [3.05, 3.63) is 118 Å². The van der Waals surface area contributed by atoms with Crippen molar-refractivity contribution >= 4 is 64.0 Å². The van der Waals surface area contributed by atoms with Gasteiger partial charge in [-0.2, -0.15) is 13.2 Å². The Kier molecular flexibility index (Phi) is 13.8. The number of alkyl halides is 3. The average Bonchev–Trinajstić information content (AvgIpc) is 3.21. The number of sulfonamides is 3. The summed E-state index contributed by atoms with van der Waals surface area (Å²) in [5.74, 6) is -0.0436. The summed E-state index contributed by atoms with van der Waals surface area (Å²) in [7, 11) is -15.6. The molecule has 4 N–H and O–H groups in total. The standard InChI is InChI=1S/C45H48F3N5O8S3/c1-8-27(3)44(54)49-18-11-19-50-62(55,56)34-22-30(6)43(31(7)23-34)52-33-15-17-36-39(25-33)61-38-24-32(51-42-28(4)20-26(2)21-29(42)5)14-16-35(38)41(36)37-12-9-10-13-40(37)63(57,58)53-64(59,60)45(46,47)48/h9-10,12-17,20-25,27,50-51,53H,8,11,18-19H2,1-7H3,(H,49,54)/b52-33+. The molecule has 1 aliphatic carbocycles. The highest BCUT2D eigenvalue weighted by molar-refractivity contribution is 8.05. The number of carbonyl (C=O) groups excluding carboxylic acids is 1. The van der Waals surface area contributed by atoms with Gasteiger partial charge in [-0.05, 0) is 112 Å². The Morgan fingerprint density at radius 3 is 2.06 bits per heavy atom. The van der Waals surface area contributed by atoms with Gasteiger partial charge >= 0.3 is 15.5 Å². The highest BCUT2D eigenvalue weighted by Gasteiger charge is 2.48. The number of carbonyl (C=O) groups is 1. The molecule has 64 heavy (non-hydrogen) atoms. The zero-order chi connectivity index (χ0) is 46.9. The van der Waals surface area contributed by atoms with Crippen LogP contribution in [0.5, 0.6) is 0 Å². The minimum Gasteiger partial charge on any atom is -0.456 e. The van der Waals surface area contributed by atoms with E-state index in [-0.39, 0.29) is 45.7 Å². The van der Waals surface area contributed by atoms with Crippen molar-refractivity contribution in [1.82, 2.24) is 14.2 Å². The number of benzene rings is 5. The summed E-state index contributed by atoms with van der Waals surface area (Å²) in [5, 5.41) is 6.94. The number of nitrogens with one attached hydrogen (secondary N) is 4. The van der Waals surface area contributed by atoms with Gasteiger partial charge in [-0.15, -0.1) is 0 Å².